The maximum atomic E-state index is 11.4. The number of aromatic nitrogens is 10. The van der Waals surface area contributed by atoms with E-state index >= 15 is 0 Å². The average molecular weight is 559 g/mol. The van der Waals surface area contributed by atoms with Crippen molar-refractivity contribution >= 4 is 46.9 Å². The molecule has 0 unspecified atom stereocenters. The van der Waals surface area contributed by atoms with E-state index in [0.717, 1.165) is 0 Å². The maximum Gasteiger partial charge on any atom is 0.341 e. The van der Waals surface area contributed by atoms with Crippen molar-refractivity contribution in [3.8, 4) is 11.6 Å². The van der Waals surface area contributed by atoms with Crippen LogP contribution in [0.1, 0.15) is 32.1 Å². The minimum absolute atomic E-state index is 0.0385. The number of nitrogens with zero attached hydrogens (tertiary/aromatic N) is 14. The number of carboxylic acid groups (broad SMARTS) is 1. The van der Waals surface area contributed by atoms with E-state index in [0.29, 0.717) is 17.7 Å². The largest absolute Gasteiger partial charge is 0.477 e. The Bertz CT molecular complexity index is 1870. The first-order valence-electron chi connectivity index (χ1n) is 11.7. The Hall–Kier alpha value is -6.14. The van der Waals surface area contributed by atoms with Crippen molar-refractivity contribution in [3.63, 3.8) is 0 Å². The topological polar surface area (TPSA) is 253 Å². The molecule has 0 aliphatic rings. The van der Waals surface area contributed by atoms with Crippen molar-refractivity contribution in [2.24, 2.45) is 34.6 Å². The first-order chi connectivity index (χ1) is 19.6. The van der Waals surface area contributed by atoms with Gasteiger partial charge in [0.05, 0.1) is 29.3 Å². The highest BCUT2D eigenvalue weighted by atomic mass is 16.4. The number of carbonyl (C=O) groups is 2. The normalized spacial score (nSPS) is 11.7. The third-order valence-electron chi connectivity index (χ3n) is 5.89. The average Bonchev–Trinajstić information content (AvgIpc) is 3.66. The van der Waals surface area contributed by atoms with Crippen LogP contribution in [-0.2, 0) is 14.1 Å². The molecule has 0 aliphatic heterocycles. The van der Waals surface area contributed by atoms with Gasteiger partial charge in [-0.3, -0.25) is 4.79 Å². The number of carboxylic acids is 1. The summed E-state index contributed by atoms with van der Waals surface area (Å²) >= 11 is 0. The first kappa shape index (κ1) is 26.5. The van der Waals surface area contributed by atoms with Crippen LogP contribution < -0.4 is 11.5 Å². The second-order valence-electron chi connectivity index (χ2n) is 8.57. The summed E-state index contributed by atoms with van der Waals surface area (Å²) in [5.41, 5.74) is 14.2. The summed E-state index contributed by atoms with van der Waals surface area (Å²) in [6.45, 7) is 3.35. The monoisotopic (exact) mass is 558 g/mol. The van der Waals surface area contributed by atoms with Gasteiger partial charge in [0.15, 0.2) is 52.6 Å². The molecule has 0 amide bonds. The Morgan fingerprint density at radius 3 is 1.90 bits per heavy atom. The van der Waals surface area contributed by atoms with Gasteiger partial charge in [0.2, 0.25) is 0 Å². The lowest BCUT2D eigenvalue weighted by molar-refractivity contribution is 0.0697. The molecule has 0 saturated heterocycles. The van der Waals surface area contributed by atoms with E-state index in [9.17, 15) is 14.7 Å². The van der Waals surface area contributed by atoms with Crippen molar-refractivity contribution < 1.29 is 14.7 Å². The van der Waals surface area contributed by atoms with Crippen LogP contribution >= 0.6 is 0 Å². The lowest BCUT2D eigenvalue weighted by atomic mass is 10.3. The molecule has 0 saturated carbocycles. The Morgan fingerprint density at radius 2 is 1.37 bits per heavy atom. The van der Waals surface area contributed by atoms with Crippen LogP contribution in [0.15, 0.2) is 45.2 Å². The van der Waals surface area contributed by atoms with Crippen LogP contribution in [0.5, 0.6) is 0 Å². The van der Waals surface area contributed by atoms with Crippen LogP contribution in [0, 0.1) is 13.8 Å². The van der Waals surface area contributed by atoms with E-state index in [-0.39, 0.29) is 57.4 Å². The number of nitrogen functional groups attached to an aromatic ring is 2. The summed E-state index contributed by atoms with van der Waals surface area (Å²) in [4.78, 5) is 31.2. The number of rotatable bonds is 8. The molecule has 0 spiro atoms. The highest BCUT2D eigenvalue weighted by molar-refractivity contribution is 5.92. The van der Waals surface area contributed by atoms with Gasteiger partial charge in [0.1, 0.15) is 11.9 Å². The maximum absolute atomic E-state index is 11.4. The Balaban J connectivity index is 1.48. The van der Waals surface area contributed by atoms with E-state index in [2.05, 4.69) is 50.8 Å². The van der Waals surface area contributed by atoms with E-state index in [1.807, 2.05) is 0 Å². The SMILES string of the molecule is Cc1nn(-c2cc(-n3nc(C)c(N=Nc4c(C(=O)O)cnn4C)c3N)ncn2)c(N)c1N=Nc1c(C=O)cnn1C. The molecule has 208 valence electrons. The number of carbonyl (C=O) groups excluding carboxylic acids is 1. The van der Waals surface area contributed by atoms with Gasteiger partial charge in [-0.2, -0.15) is 29.8 Å². The molecule has 5 heterocycles. The summed E-state index contributed by atoms with van der Waals surface area (Å²) in [5.74, 6) is -0.117. The second kappa shape index (κ2) is 10.2. The van der Waals surface area contributed by atoms with Crippen LogP contribution in [0.2, 0.25) is 0 Å². The second-order valence-corrected chi connectivity index (χ2v) is 8.57. The molecule has 0 fully saturated rings. The van der Waals surface area contributed by atoms with Gasteiger partial charge in [-0.25, -0.2) is 24.1 Å². The molecule has 19 nitrogen and oxygen atoms in total. The molecule has 0 aromatic carbocycles. The van der Waals surface area contributed by atoms with E-state index in [1.54, 1.807) is 34.0 Å². The Morgan fingerprint density at radius 1 is 0.854 bits per heavy atom. The third-order valence-corrected chi connectivity index (χ3v) is 5.89. The Kier molecular flexibility index (Phi) is 6.59. The third kappa shape index (κ3) is 4.66. The van der Waals surface area contributed by atoms with Crippen molar-refractivity contribution in [2.45, 2.75) is 13.8 Å². The number of aromatic carboxylic acids is 1. The standard InChI is InChI=1S/C22H22N16O3/c1-10-16(29-31-20-12(8-39)6-27-35(20)3)18(23)37(33-10)14-5-15(26-9-25-14)38-19(24)17(11(2)34-38)30-32-21-13(22(40)41)7-28-36(21)4/h5-9H,23-24H2,1-4H3,(H,40,41). The smallest absolute Gasteiger partial charge is 0.341 e. The molecule has 0 aliphatic carbocycles. The summed E-state index contributed by atoms with van der Waals surface area (Å²) in [6, 6.07) is 1.54. The highest BCUT2D eigenvalue weighted by Gasteiger charge is 2.20. The molecule has 5 rings (SSSR count). The van der Waals surface area contributed by atoms with Crippen molar-refractivity contribution in [1.29, 1.82) is 0 Å². The number of aryl methyl sites for hydroxylation is 4. The van der Waals surface area contributed by atoms with Crippen LogP contribution in [0.3, 0.4) is 0 Å². The molecule has 0 bridgehead atoms. The lowest BCUT2D eigenvalue weighted by Crippen LogP contribution is -2.09. The van der Waals surface area contributed by atoms with E-state index < -0.39 is 5.97 Å². The molecular formula is C22H22N16O3. The Labute approximate surface area is 229 Å². The summed E-state index contributed by atoms with van der Waals surface area (Å²) in [6.07, 6.45) is 4.46. The number of azo groups is 2. The van der Waals surface area contributed by atoms with Gasteiger partial charge in [0, 0.05) is 20.2 Å². The fourth-order valence-electron chi connectivity index (χ4n) is 3.79. The number of hydrogen-bond acceptors (Lipinski definition) is 14. The molecular weight excluding hydrogens is 536 g/mol. The van der Waals surface area contributed by atoms with Gasteiger partial charge < -0.3 is 16.6 Å². The van der Waals surface area contributed by atoms with Gasteiger partial charge in [-0.15, -0.1) is 20.5 Å². The fourth-order valence-corrected chi connectivity index (χ4v) is 3.79. The van der Waals surface area contributed by atoms with Gasteiger partial charge in [-0.05, 0) is 13.8 Å². The molecule has 0 atom stereocenters. The van der Waals surface area contributed by atoms with Crippen LogP contribution in [-0.4, -0.2) is 66.5 Å². The molecule has 19 heteroatoms. The minimum atomic E-state index is -1.19. The highest BCUT2D eigenvalue weighted by Crippen LogP contribution is 2.33. The predicted molar refractivity (Wildman–Crippen MR) is 142 cm³/mol. The van der Waals surface area contributed by atoms with Gasteiger partial charge in [-0.1, -0.05) is 0 Å². The lowest BCUT2D eigenvalue weighted by Gasteiger charge is -2.06. The zero-order valence-corrected chi connectivity index (χ0v) is 22.1. The zero-order chi connectivity index (χ0) is 29.4. The van der Waals surface area contributed by atoms with E-state index in [4.69, 9.17) is 11.5 Å². The van der Waals surface area contributed by atoms with E-state index in [1.165, 1.54) is 37.4 Å². The molecule has 5 aromatic heterocycles. The molecule has 5 aromatic rings. The van der Waals surface area contributed by atoms with Crippen LogP contribution in [0.4, 0.5) is 34.6 Å². The summed E-state index contributed by atoms with van der Waals surface area (Å²) in [7, 11) is 3.17. The first-order valence-corrected chi connectivity index (χ1v) is 11.7. The van der Waals surface area contributed by atoms with Crippen LogP contribution in [0.25, 0.3) is 11.6 Å². The minimum Gasteiger partial charge on any atom is -0.477 e. The fraction of sp³-hybridized carbons (Fsp3) is 0.182. The van der Waals surface area contributed by atoms with Crippen molar-refractivity contribution in [3.05, 3.63) is 47.3 Å². The quantitative estimate of drug-likeness (QED) is 0.184. The molecule has 41 heavy (non-hydrogen) atoms. The number of hydrogen-bond donors (Lipinski definition) is 3. The zero-order valence-electron chi connectivity index (χ0n) is 22.1. The van der Waals surface area contributed by atoms with Crippen molar-refractivity contribution in [1.82, 2.24) is 49.1 Å². The predicted octanol–water partition coefficient (Wildman–Crippen LogP) is 2.44. The van der Waals surface area contributed by atoms with Gasteiger partial charge in [0.25, 0.3) is 0 Å². The molecule has 5 N–H and O–H groups in total. The van der Waals surface area contributed by atoms with Gasteiger partial charge >= 0.3 is 5.97 Å². The number of aldehydes is 1. The number of anilines is 2. The number of nitrogens with two attached hydrogens (primary N) is 2. The summed E-state index contributed by atoms with van der Waals surface area (Å²) < 4.78 is 5.36. The molecule has 0 radical (unpaired) electrons. The van der Waals surface area contributed by atoms with Crippen molar-refractivity contribution in [2.75, 3.05) is 11.5 Å². The summed E-state index contributed by atoms with van der Waals surface area (Å²) in [5, 5.41) is 42.5.